The van der Waals surface area contributed by atoms with Crippen molar-refractivity contribution < 1.29 is 9.59 Å². The molecule has 0 saturated carbocycles. The van der Waals surface area contributed by atoms with Crippen molar-refractivity contribution in [3.63, 3.8) is 0 Å². The molecular formula is C34H20Cl2N4O2S2. The molecule has 0 spiro atoms. The van der Waals surface area contributed by atoms with Crippen LogP contribution in [0.4, 0.5) is 11.4 Å². The van der Waals surface area contributed by atoms with E-state index in [0.29, 0.717) is 64.4 Å². The zero-order chi connectivity index (χ0) is 30.2. The Morgan fingerprint density at radius 3 is 1.36 bits per heavy atom. The highest BCUT2D eigenvalue weighted by molar-refractivity contribution is 7.19. The summed E-state index contributed by atoms with van der Waals surface area (Å²) in [7, 11) is 0. The molecule has 0 aliphatic heterocycles. The molecule has 4 heterocycles. The highest BCUT2D eigenvalue weighted by Crippen LogP contribution is 2.34. The van der Waals surface area contributed by atoms with Crippen LogP contribution in [0, 0.1) is 0 Å². The third-order valence-electron chi connectivity index (χ3n) is 7.00. The number of para-hydroxylation sites is 4. The molecule has 0 fully saturated rings. The average molecular weight is 652 g/mol. The number of halogens is 2. The Bertz CT molecular complexity index is 2070. The fourth-order valence-corrected chi connectivity index (χ4v) is 6.97. The van der Waals surface area contributed by atoms with Crippen LogP contribution in [-0.4, -0.2) is 21.8 Å². The minimum atomic E-state index is -0.333. The maximum atomic E-state index is 13.8. The van der Waals surface area contributed by atoms with Crippen LogP contribution < -0.4 is 10.6 Å². The highest BCUT2D eigenvalue weighted by atomic mass is 35.5. The summed E-state index contributed by atoms with van der Waals surface area (Å²) in [6, 6.07) is 33.0. The Morgan fingerprint density at radius 2 is 0.955 bits per heavy atom. The number of carbonyl (C=O) groups excluding carboxylic acids is 2. The van der Waals surface area contributed by atoms with Crippen molar-refractivity contribution in [3.8, 4) is 21.1 Å². The predicted molar refractivity (Wildman–Crippen MR) is 182 cm³/mol. The second-order valence-corrected chi connectivity index (χ2v) is 13.2. The minimum absolute atomic E-state index is 0.333. The molecule has 0 atom stereocenters. The molecule has 7 aromatic rings. The lowest BCUT2D eigenvalue weighted by atomic mass is 10.1. The maximum absolute atomic E-state index is 13.8. The van der Waals surface area contributed by atoms with Gasteiger partial charge in [-0.2, -0.15) is 0 Å². The van der Waals surface area contributed by atoms with Gasteiger partial charge < -0.3 is 10.6 Å². The Morgan fingerprint density at radius 1 is 0.545 bits per heavy atom. The van der Waals surface area contributed by atoms with Crippen LogP contribution in [-0.2, 0) is 0 Å². The first kappa shape index (κ1) is 28.2. The lowest BCUT2D eigenvalue weighted by Crippen LogP contribution is -2.17. The van der Waals surface area contributed by atoms with Gasteiger partial charge in [-0.15, -0.1) is 22.7 Å². The standard InChI is InChI=1S/C34H20Cl2N4O2S2/c35-31-15-13-29(43-31)27-17-21(19-7-1-3-9-23(19)37-27)33(41)39-25-11-5-6-12-26(25)40-34(42)22-18-28(30-14-16-32(36)44-30)38-24-10-4-2-8-20(22)24/h1-18H,(H,39,41)(H,40,42). The molecule has 0 aliphatic carbocycles. The number of rotatable bonds is 6. The zero-order valence-corrected chi connectivity index (χ0v) is 25.8. The topological polar surface area (TPSA) is 84.0 Å². The summed E-state index contributed by atoms with van der Waals surface area (Å²) in [4.78, 5) is 38.9. The summed E-state index contributed by atoms with van der Waals surface area (Å²) in [5.41, 5.74) is 4.50. The number of nitrogens with zero attached hydrogens (tertiary/aromatic N) is 2. The van der Waals surface area contributed by atoms with Crippen molar-refractivity contribution >= 4 is 90.9 Å². The summed E-state index contributed by atoms with van der Waals surface area (Å²) in [5.74, 6) is -0.666. The molecule has 0 radical (unpaired) electrons. The molecule has 3 aromatic carbocycles. The largest absolute Gasteiger partial charge is 0.320 e. The molecule has 0 bridgehead atoms. The number of nitrogens with one attached hydrogen (secondary N) is 2. The number of pyridine rings is 2. The van der Waals surface area contributed by atoms with E-state index in [4.69, 9.17) is 33.2 Å². The molecule has 2 amide bonds. The molecule has 44 heavy (non-hydrogen) atoms. The molecule has 0 saturated heterocycles. The van der Waals surface area contributed by atoms with Gasteiger partial charge in [-0.25, -0.2) is 9.97 Å². The zero-order valence-electron chi connectivity index (χ0n) is 22.7. The molecule has 4 aromatic heterocycles. The maximum Gasteiger partial charge on any atom is 0.256 e. The van der Waals surface area contributed by atoms with E-state index < -0.39 is 0 Å². The molecule has 0 unspecified atom stereocenters. The highest BCUT2D eigenvalue weighted by Gasteiger charge is 2.19. The van der Waals surface area contributed by atoms with E-state index in [9.17, 15) is 9.59 Å². The molecule has 7 rings (SSSR count). The quantitative estimate of drug-likeness (QED) is 0.188. The van der Waals surface area contributed by atoms with E-state index >= 15 is 0 Å². The normalized spacial score (nSPS) is 11.1. The summed E-state index contributed by atoms with van der Waals surface area (Å²) >= 11 is 15.2. The fraction of sp³-hybridized carbons (Fsp3) is 0. The van der Waals surface area contributed by atoms with Crippen molar-refractivity contribution in [1.82, 2.24) is 9.97 Å². The Hall–Kier alpha value is -4.60. The number of aromatic nitrogens is 2. The molecule has 2 N–H and O–H groups in total. The third-order valence-corrected chi connectivity index (χ3v) is 9.50. The number of thiophene rings is 2. The van der Waals surface area contributed by atoms with Gasteiger partial charge in [-0.1, -0.05) is 71.7 Å². The number of carbonyl (C=O) groups is 2. The van der Waals surface area contributed by atoms with Gasteiger partial charge in [0, 0.05) is 10.8 Å². The molecule has 0 aliphatic rings. The lowest BCUT2D eigenvalue weighted by molar-refractivity contribution is 0.101. The smallest absolute Gasteiger partial charge is 0.256 e. The summed E-state index contributed by atoms with van der Waals surface area (Å²) < 4.78 is 1.28. The van der Waals surface area contributed by atoms with Gasteiger partial charge in [-0.05, 0) is 60.7 Å². The van der Waals surface area contributed by atoms with Gasteiger partial charge in [0.25, 0.3) is 11.8 Å². The van der Waals surface area contributed by atoms with Crippen molar-refractivity contribution in [2.24, 2.45) is 0 Å². The Balaban J connectivity index is 1.22. The number of hydrogen-bond donors (Lipinski definition) is 2. The van der Waals surface area contributed by atoms with Crippen molar-refractivity contribution in [2.75, 3.05) is 10.6 Å². The van der Waals surface area contributed by atoms with Crippen LogP contribution >= 0.6 is 45.9 Å². The van der Waals surface area contributed by atoms with Gasteiger partial charge in [0.15, 0.2) is 0 Å². The van der Waals surface area contributed by atoms with Crippen LogP contribution in [0.3, 0.4) is 0 Å². The Labute approximate surface area is 270 Å². The van der Waals surface area contributed by atoms with Crippen LogP contribution in [0.2, 0.25) is 8.67 Å². The summed E-state index contributed by atoms with van der Waals surface area (Å²) in [5, 5.41) is 7.44. The molecule has 10 heteroatoms. The van der Waals surface area contributed by atoms with E-state index in [0.717, 1.165) is 9.75 Å². The lowest BCUT2D eigenvalue weighted by Gasteiger charge is -2.15. The van der Waals surface area contributed by atoms with Gasteiger partial charge >= 0.3 is 0 Å². The average Bonchev–Trinajstić information content (AvgIpc) is 3.69. The monoisotopic (exact) mass is 650 g/mol. The number of hydrogen-bond acceptors (Lipinski definition) is 6. The first-order chi connectivity index (χ1) is 21.4. The third kappa shape index (κ3) is 5.56. The summed E-state index contributed by atoms with van der Waals surface area (Å²) in [6.07, 6.45) is 0. The van der Waals surface area contributed by atoms with E-state index in [-0.39, 0.29) is 11.8 Å². The van der Waals surface area contributed by atoms with Gasteiger partial charge in [0.2, 0.25) is 0 Å². The van der Waals surface area contributed by atoms with Crippen LogP contribution in [0.5, 0.6) is 0 Å². The number of anilines is 2. The SMILES string of the molecule is O=C(Nc1ccccc1NC(=O)c1cc(-c2ccc(Cl)s2)nc2ccccc12)c1cc(-c2ccc(Cl)s2)nc2ccccc12. The van der Waals surface area contributed by atoms with Gasteiger partial charge in [-0.3, -0.25) is 9.59 Å². The Kier molecular flexibility index (Phi) is 7.57. The second kappa shape index (κ2) is 11.8. The first-order valence-corrected chi connectivity index (χ1v) is 15.8. The number of amides is 2. The van der Waals surface area contributed by atoms with Crippen LogP contribution in [0.1, 0.15) is 20.7 Å². The summed E-state index contributed by atoms with van der Waals surface area (Å²) in [6.45, 7) is 0. The molecular weight excluding hydrogens is 631 g/mol. The minimum Gasteiger partial charge on any atom is -0.320 e. The van der Waals surface area contributed by atoms with E-state index in [1.54, 1.807) is 36.4 Å². The number of benzene rings is 3. The predicted octanol–water partition coefficient (Wildman–Crippen LogP) is 10.1. The van der Waals surface area contributed by atoms with Crippen LogP contribution in [0.25, 0.3) is 42.9 Å². The fourth-order valence-electron chi connectivity index (χ4n) is 4.96. The molecule has 214 valence electrons. The van der Waals surface area contributed by atoms with E-state index in [1.807, 2.05) is 72.8 Å². The second-order valence-electron chi connectivity index (χ2n) is 9.81. The van der Waals surface area contributed by atoms with Crippen LogP contribution in [0.15, 0.2) is 109 Å². The first-order valence-electron chi connectivity index (χ1n) is 13.5. The van der Waals surface area contributed by atoms with Gasteiger partial charge in [0.1, 0.15) is 0 Å². The van der Waals surface area contributed by atoms with E-state index in [2.05, 4.69) is 10.6 Å². The van der Waals surface area contributed by atoms with Crippen molar-refractivity contribution in [1.29, 1.82) is 0 Å². The van der Waals surface area contributed by atoms with Crippen molar-refractivity contribution in [3.05, 3.63) is 129 Å². The van der Waals surface area contributed by atoms with Crippen molar-refractivity contribution in [2.45, 2.75) is 0 Å². The molecule has 6 nitrogen and oxygen atoms in total. The van der Waals surface area contributed by atoms with Gasteiger partial charge in [0.05, 0.1) is 63.3 Å². The number of fused-ring (bicyclic) bond motifs is 2. The van der Waals surface area contributed by atoms with E-state index in [1.165, 1.54) is 22.7 Å².